The first kappa shape index (κ1) is 12.4. The second-order valence-electron chi connectivity index (χ2n) is 6.40. The molecular weight excluding hydrogens is 234 g/mol. The van der Waals surface area contributed by atoms with Crippen molar-refractivity contribution in [1.29, 1.82) is 0 Å². The number of hydrogen-bond acceptors (Lipinski definition) is 2. The smallest absolute Gasteiger partial charge is 0.0636 e. The van der Waals surface area contributed by atoms with Gasteiger partial charge in [-0.05, 0) is 48.9 Å². The van der Waals surface area contributed by atoms with Crippen molar-refractivity contribution in [2.45, 2.75) is 39.7 Å². The summed E-state index contributed by atoms with van der Waals surface area (Å²) in [6, 6.07) is 6.49. The predicted octanol–water partition coefficient (Wildman–Crippen LogP) is 3.15. The summed E-state index contributed by atoms with van der Waals surface area (Å²) in [6.07, 6.45) is 6.17. The molecule has 1 atom stereocenters. The van der Waals surface area contributed by atoms with Gasteiger partial charge >= 0.3 is 0 Å². The lowest BCUT2D eigenvalue weighted by molar-refractivity contribution is 0.278. The third-order valence-electron chi connectivity index (χ3n) is 4.02. The second kappa shape index (κ2) is 4.20. The van der Waals surface area contributed by atoms with Gasteiger partial charge in [0.1, 0.15) is 0 Å². The van der Waals surface area contributed by atoms with Crippen LogP contribution in [0.5, 0.6) is 0 Å². The first-order valence-electron chi connectivity index (χ1n) is 6.85. The van der Waals surface area contributed by atoms with Gasteiger partial charge < -0.3 is 10.3 Å². The van der Waals surface area contributed by atoms with Crippen LogP contribution in [0.3, 0.4) is 0 Å². The Kier molecular flexibility index (Phi) is 2.75. The van der Waals surface area contributed by atoms with Gasteiger partial charge in [-0.3, -0.25) is 4.98 Å². The lowest BCUT2D eigenvalue weighted by Crippen LogP contribution is -2.30. The van der Waals surface area contributed by atoms with E-state index in [1.165, 1.54) is 11.3 Å². The summed E-state index contributed by atoms with van der Waals surface area (Å²) >= 11 is 0. The van der Waals surface area contributed by atoms with Crippen LogP contribution in [-0.4, -0.2) is 9.55 Å². The average molecular weight is 255 g/mol. The fourth-order valence-electron chi connectivity index (χ4n) is 3.08. The molecule has 2 aromatic heterocycles. The van der Waals surface area contributed by atoms with E-state index in [1.807, 2.05) is 13.1 Å². The predicted molar refractivity (Wildman–Crippen MR) is 77.3 cm³/mol. The topological polar surface area (TPSA) is 43.8 Å². The maximum atomic E-state index is 6.31. The zero-order valence-electron chi connectivity index (χ0n) is 11.9. The Labute approximate surface area is 114 Å². The highest BCUT2D eigenvalue weighted by Gasteiger charge is 2.32. The molecule has 0 bridgehead atoms. The van der Waals surface area contributed by atoms with E-state index in [9.17, 15) is 0 Å². The number of rotatable bonds is 1. The van der Waals surface area contributed by atoms with Gasteiger partial charge in [0.2, 0.25) is 0 Å². The minimum Gasteiger partial charge on any atom is -0.324 e. The largest absolute Gasteiger partial charge is 0.324 e. The van der Waals surface area contributed by atoms with Gasteiger partial charge in [0.05, 0.1) is 11.9 Å². The molecular formula is C16H21N3. The van der Waals surface area contributed by atoms with Crippen molar-refractivity contribution in [3.8, 4) is 5.69 Å². The van der Waals surface area contributed by atoms with E-state index < -0.39 is 0 Å². The van der Waals surface area contributed by atoms with Crippen molar-refractivity contribution in [1.82, 2.24) is 9.55 Å². The Morgan fingerprint density at radius 1 is 1.32 bits per heavy atom. The monoisotopic (exact) mass is 255 g/mol. The summed E-state index contributed by atoms with van der Waals surface area (Å²) in [5, 5.41) is 0. The number of aryl methyl sites for hydroxylation is 1. The van der Waals surface area contributed by atoms with Crippen LogP contribution in [0.25, 0.3) is 5.69 Å². The van der Waals surface area contributed by atoms with Crippen molar-refractivity contribution in [3.05, 3.63) is 47.5 Å². The van der Waals surface area contributed by atoms with Crippen molar-refractivity contribution in [2.75, 3.05) is 0 Å². The SMILES string of the molecule is Cc1ccc(-n2ccc3c2CC(C)(C)CC3N)cn1. The Morgan fingerprint density at radius 3 is 2.79 bits per heavy atom. The quantitative estimate of drug-likeness (QED) is 0.850. The molecule has 3 heteroatoms. The third kappa shape index (κ3) is 2.19. The van der Waals surface area contributed by atoms with Crippen LogP contribution in [-0.2, 0) is 6.42 Å². The molecule has 0 saturated carbocycles. The number of nitrogens with two attached hydrogens (primary N) is 1. The van der Waals surface area contributed by atoms with E-state index in [4.69, 9.17) is 5.73 Å². The highest BCUT2D eigenvalue weighted by Crippen LogP contribution is 2.40. The molecule has 2 N–H and O–H groups in total. The highest BCUT2D eigenvalue weighted by atomic mass is 15.0. The van der Waals surface area contributed by atoms with Crippen LogP contribution in [0.2, 0.25) is 0 Å². The molecule has 0 aliphatic heterocycles. The Morgan fingerprint density at radius 2 is 2.11 bits per heavy atom. The fourth-order valence-corrected chi connectivity index (χ4v) is 3.08. The summed E-state index contributed by atoms with van der Waals surface area (Å²) in [4.78, 5) is 4.39. The molecule has 3 nitrogen and oxygen atoms in total. The van der Waals surface area contributed by atoms with Gasteiger partial charge in [-0.15, -0.1) is 0 Å². The van der Waals surface area contributed by atoms with Gasteiger partial charge in [-0.2, -0.15) is 0 Å². The number of fused-ring (bicyclic) bond motifs is 1. The van der Waals surface area contributed by atoms with Gasteiger partial charge in [-0.1, -0.05) is 13.8 Å². The third-order valence-corrected chi connectivity index (χ3v) is 4.02. The first-order chi connectivity index (χ1) is 8.96. The minimum atomic E-state index is 0.151. The maximum absolute atomic E-state index is 6.31. The van der Waals surface area contributed by atoms with E-state index in [2.05, 4.69) is 47.8 Å². The number of nitrogens with zero attached hydrogens (tertiary/aromatic N) is 2. The van der Waals surface area contributed by atoms with Crippen LogP contribution < -0.4 is 5.73 Å². The Bertz CT molecular complexity index is 593. The lowest BCUT2D eigenvalue weighted by Gasteiger charge is -2.34. The highest BCUT2D eigenvalue weighted by molar-refractivity contribution is 5.40. The van der Waals surface area contributed by atoms with Crippen LogP contribution in [0.4, 0.5) is 0 Å². The molecule has 100 valence electrons. The van der Waals surface area contributed by atoms with E-state index in [0.717, 1.165) is 24.2 Å². The second-order valence-corrected chi connectivity index (χ2v) is 6.40. The molecule has 1 aliphatic rings. The van der Waals surface area contributed by atoms with Crippen LogP contribution in [0.15, 0.2) is 30.6 Å². The molecule has 0 saturated heterocycles. The summed E-state index contributed by atoms with van der Waals surface area (Å²) in [7, 11) is 0. The molecule has 0 fully saturated rings. The maximum Gasteiger partial charge on any atom is 0.0636 e. The first-order valence-corrected chi connectivity index (χ1v) is 6.85. The molecule has 1 aliphatic carbocycles. The zero-order valence-corrected chi connectivity index (χ0v) is 11.9. The van der Waals surface area contributed by atoms with E-state index in [-0.39, 0.29) is 11.5 Å². The lowest BCUT2D eigenvalue weighted by atomic mass is 9.74. The molecule has 2 heterocycles. The van der Waals surface area contributed by atoms with Gasteiger partial charge in [0, 0.05) is 23.6 Å². The summed E-state index contributed by atoms with van der Waals surface area (Å²) in [6.45, 7) is 6.59. The molecule has 0 spiro atoms. The molecule has 1 unspecified atom stereocenters. The zero-order chi connectivity index (χ0) is 13.6. The van der Waals surface area contributed by atoms with Crippen molar-refractivity contribution >= 4 is 0 Å². The molecule has 0 aromatic carbocycles. The van der Waals surface area contributed by atoms with Crippen molar-refractivity contribution in [3.63, 3.8) is 0 Å². The normalized spacial score (nSPS) is 21.2. The molecule has 2 aromatic rings. The van der Waals surface area contributed by atoms with E-state index in [0.29, 0.717) is 0 Å². The summed E-state index contributed by atoms with van der Waals surface area (Å²) < 4.78 is 2.24. The van der Waals surface area contributed by atoms with Crippen molar-refractivity contribution in [2.24, 2.45) is 11.1 Å². The van der Waals surface area contributed by atoms with Crippen molar-refractivity contribution < 1.29 is 0 Å². The Balaban J connectivity index is 2.08. The fraction of sp³-hybridized carbons (Fsp3) is 0.438. The van der Waals surface area contributed by atoms with Gasteiger partial charge in [0.25, 0.3) is 0 Å². The summed E-state index contributed by atoms with van der Waals surface area (Å²) in [5.41, 5.74) is 11.4. The van der Waals surface area contributed by atoms with Crippen LogP contribution in [0, 0.1) is 12.3 Å². The van der Waals surface area contributed by atoms with Crippen LogP contribution in [0.1, 0.15) is 43.3 Å². The number of hydrogen-bond donors (Lipinski definition) is 1. The molecule has 3 rings (SSSR count). The molecule has 0 amide bonds. The minimum absolute atomic E-state index is 0.151. The van der Waals surface area contributed by atoms with Gasteiger partial charge in [-0.25, -0.2) is 0 Å². The average Bonchev–Trinajstić information content (AvgIpc) is 2.72. The molecule has 19 heavy (non-hydrogen) atoms. The van der Waals surface area contributed by atoms with E-state index in [1.54, 1.807) is 0 Å². The number of aromatic nitrogens is 2. The Hall–Kier alpha value is -1.61. The summed E-state index contributed by atoms with van der Waals surface area (Å²) in [5.74, 6) is 0. The van der Waals surface area contributed by atoms with Crippen LogP contribution >= 0.6 is 0 Å². The standard InChI is InChI=1S/C16H21N3/c1-11-4-5-12(10-18-11)19-7-6-13-14(17)8-16(2,3)9-15(13)19/h4-7,10,14H,8-9,17H2,1-3H3. The van der Waals surface area contributed by atoms with Gasteiger partial charge in [0.15, 0.2) is 0 Å². The number of pyridine rings is 1. The molecule has 0 radical (unpaired) electrons. The van der Waals surface area contributed by atoms with E-state index >= 15 is 0 Å².